The highest BCUT2D eigenvalue weighted by Gasteiger charge is 2.19. The molecule has 2 unspecified atom stereocenters. The first-order chi connectivity index (χ1) is 8.60. The van der Waals surface area contributed by atoms with Crippen LogP contribution in [0.1, 0.15) is 33.2 Å². The first-order valence-electron chi connectivity index (χ1n) is 6.40. The van der Waals surface area contributed by atoms with Gasteiger partial charge in [0.25, 0.3) is 0 Å². The molecule has 0 radical (unpaired) electrons. The van der Waals surface area contributed by atoms with Crippen molar-refractivity contribution in [1.29, 1.82) is 0 Å². The fourth-order valence-corrected chi connectivity index (χ4v) is 2.30. The van der Waals surface area contributed by atoms with E-state index in [-0.39, 0.29) is 0 Å². The third-order valence-electron chi connectivity index (χ3n) is 3.81. The number of hydrogen-bond acceptors (Lipinski definition) is 3. The average Bonchev–Trinajstić information content (AvgIpc) is 2.72. The van der Waals surface area contributed by atoms with Gasteiger partial charge in [-0.2, -0.15) is 0 Å². The molecular weight excluding hydrogens is 226 g/mol. The van der Waals surface area contributed by atoms with Gasteiger partial charge < -0.3 is 15.0 Å². The van der Waals surface area contributed by atoms with E-state index in [0.29, 0.717) is 17.9 Å². The van der Waals surface area contributed by atoms with Crippen LogP contribution in [0.4, 0.5) is 5.95 Å². The van der Waals surface area contributed by atoms with E-state index in [4.69, 9.17) is 10.5 Å². The van der Waals surface area contributed by atoms with Crippen molar-refractivity contribution in [2.45, 2.75) is 33.2 Å². The number of para-hydroxylation sites is 1. The van der Waals surface area contributed by atoms with E-state index < -0.39 is 0 Å². The van der Waals surface area contributed by atoms with Crippen LogP contribution in [0.15, 0.2) is 18.2 Å². The maximum atomic E-state index is 6.07. The summed E-state index contributed by atoms with van der Waals surface area (Å²) in [5, 5.41) is 0. The van der Waals surface area contributed by atoms with Crippen LogP contribution in [-0.2, 0) is 0 Å². The zero-order valence-electron chi connectivity index (χ0n) is 11.5. The minimum absolute atomic E-state index is 0.326. The Bertz CT molecular complexity index is 547. The Morgan fingerprint density at radius 1 is 1.39 bits per heavy atom. The normalized spacial score (nSPS) is 14.7. The SMILES string of the molecule is CCC(C)C(C)n1c(N)nc2c(OC)cccc21. The first-order valence-corrected chi connectivity index (χ1v) is 6.40. The molecule has 4 heteroatoms. The largest absolute Gasteiger partial charge is 0.494 e. The molecule has 0 saturated heterocycles. The summed E-state index contributed by atoms with van der Waals surface area (Å²) in [4.78, 5) is 4.44. The minimum atomic E-state index is 0.326. The molecule has 0 aliphatic rings. The Morgan fingerprint density at radius 2 is 2.11 bits per heavy atom. The maximum absolute atomic E-state index is 6.07. The average molecular weight is 247 g/mol. The quantitative estimate of drug-likeness (QED) is 0.902. The van der Waals surface area contributed by atoms with Crippen LogP contribution in [0.2, 0.25) is 0 Å². The van der Waals surface area contributed by atoms with Gasteiger partial charge in [0.2, 0.25) is 5.95 Å². The lowest BCUT2D eigenvalue weighted by Crippen LogP contribution is -2.15. The zero-order chi connectivity index (χ0) is 13.3. The van der Waals surface area contributed by atoms with Crippen LogP contribution < -0.4 is 10.5 Å². The van der Waals surface area contributed by atoms with Gasteiger partial charge in [-0.1, -0.05) is 26.3 Å². The minimum Gasteiger partial charge on any atom is -0.494 e. The van der Waals surface area contributed by atoms with Crippen molar-refractivity contribution in [3.63, 3.8) is 0 Å². The summed E-state index contributed by atoms with van der Waals surface area (Å²) in [5.41, 5.74) is 7.95. The molecule has 4 nitrogen and oxygen atoms in total. The summed E-state index contributed by atoms with van der Waals surface area (Å²) in [6, 6.07) is 6.25. The number of fused-ring (bicyclic) bond motifs is 1. The Hall–Kier alpha value is -1.71. The van der Waals surface area contributed by atoms with Crippen LogP contribution in [0, 0.1) is 5.92 Å². The molecular formula is C14H21N3O. The number of aromatic nitrogens is 2. The van der Waals surface area contributed by atoms with Gasteiger partial charge in [-0.15, -0.1) is 0 Å². The number of nitrogens with zero attached hydrogens (tertiary/aromatic N) is 2. The second-order valence-corrected chi connectivity index (χ2v) is 4.79. The van der Waals surface area contributed by atoms with Gasteiger partial charge in [0, 0.05) is 6.04 Å². The molecule has 0 saturated carbocycles. The van der Waals surface area contributed by atoms with Crippen molar-refractivity contribution >= 4 is 17.0 Å². The van der Waals surface area contributed by atoms with Gasteiger partial charge in [0.15, 0.2) is 0 Å². The topological polar surface area (TPSA) is 53.1 Å². The summed E-state index contributed by atoms with van der Waals surface area (Å²) in [7, 11) is 1.65. The van der Waals surface area contributed by atoms with Crippen molar-refractivity contribution in [2.75, 3.05) is 12.8 Å². The number of methoxy groups -OCH3 is 1. The van der Waals surface area contributed by atoms with Crippen LogP contribution in [-0.4, -0.2) is 16.7 Å². The predicted octanol–water partition coefficient (Wildman–Crippen LogP) is 3.23. The van der Waals surface area contributed by atoms with Crippen molar-refractivity contribution in [3.05, 3.63) is 18.2 Å². The van der Waals surface area contributed by atoms with E-state index in [0.717, 1.165) is 23.2 Å². The fourth-order valence-electron chi connectivity index (χ4n) is 2.30. The van der Waals surface area contributed by atoms with Gasteiger partial charge in [0.05, 0.1) is 12.6 Å². The zero-order valence-corrected chi connectivity index (χ0v) is 11.5. The Morgan fingerprint density at radius 3 is 2.72 bits per heavy atom. The van der Waals surface area contributed by atoms with Crippen LogP contribution in [0.25, 0.3) is 11.0 Å². The lowest BCUT2D eigenvalue weighted by atomic mass is 10.0. The molecule has 98 valence electrons. The Balaban J connectivity index is 2.61. The van der Waals surface area contributed by atoms with Crippen molar-refractivity contribution in [1.82, 2.24) is 9.55 Å². The molecule has 2 aromatic rings. The van der Waals surface area contributed by atoms with Crippen molar-refractivity contribution in [3.8, 4) is 5.75 Å². The monoisotopic (exact) mass is 247 g/mol. The summed E-state index contributed by atoms with van der Waals surface area (Å²) < 4.78 is 7.43. The summed E-state index contributed by atoms with van der Waals surface area (Å²) >= 11 is 0. The third kappa shape index (κ3) is 1.92. The number of nitrogen functional groups attached to an aromatic ring is 1. The van der Waals surface area contributed by atoms with Crippen molar-refractivity contribution in [2.24, 2.45) is 5.92 Å². The molecule has 1 heterocycles. The number of imidazole rings is 1. The number of hydrogen-bond donors (Lipinski definition) is 1. The number of rotatable bonds is 4. The lowest BCUT2D eigenvalue weighted by Gasteiger charge is -2.21. The van der Waals surface area contributed by atoms with Crippen LogP contribution in [0.3, 0.4) is 0 Å². The lowest BCUT2D eigenvalue weighted by molar-refractivity contribution is 0.381. The molecule has 0 spiro atoms. The highest BCUT2D eigenvalue weighted by molar-refractivity contribution is 5.84. The number of benzene rings is 1. The Labute approximate surface area is 108 Å². The maximum Gasteiger partial charge on any atom is 0.201 e. The van der Waals surface area contributed by atoms with Gasteiger partial charge in [-0.05, 0) is 25.0 Å². The van der Waals surface area contributed by atoms with Crippen molar-refractivity contribution < 1.29 is 4.74 Å². The van der Waals surface area contributed by atoms with E-state index in [1.54, 1.807) is 7.11 Å². The molecule has 1 aromatic carbocycles. The smallest absolute Gasteiger partial charge is 0.201 e. The van der Waals surface area contributed by atoms with Crippen LogP contribution in [0.5, 0.6) is 5.75 Å². The second-order valence-electron chi connectivity index (χ2n) is 4.79. The van der Waals surface area contributed by atoms with Gasteiger partial charge in [-0.3, -0.25) is 0 Å². The van der Waals surface area contributed by atoms with Gasteiger partial charge in [-0.25, -0.2) is 4.98 Å². The number of ether oxygens (including phenoxy) is 1. The highest BCUT2D eigenvalue weighted by atomic mass is 16.5. The Kier molecular flexibility index (Phi) is 3.45. The van der Waals surface area contributed by atoms with Gasteiger partial charge in [0.1, 0.15) is 11.3 Å². The fraction of sp³-hybridized carbons (Fsp3) is 0.500. The standard InChI is InChI=1S/C14H21N3O/c1-5-9(2)10(3)17-11-7-6-8-12(18-4)13(11)16-14(17)15/h6-10H,5H2,1-4H3,(H2,15,16). The van der Waals surface area contributed by atoms with E-state index in [1.165, 1.54) is 0 Å². The molecule has 2 N–H and O–H groups in total. The molecule has 1 aromatic heterocycles. The molecule has 0 aliphatic carbocycles. The van der Waals surface area contributed by atoms with E-state index in [9.17, 15) is 0 Å². The first kappa shape index (κ1) is 12.7. The molecule has 18 heavy (non-hydrogen) atoms. The van der Waals surface area contributed by atoms with E-state index in [1.807, 2.05) is 18.2 Å². The summed E-state index contributed by atoms with van der Waals surface area (Å²) in [6.45, 7) is 6.61. The van der Waals surface area contributed by atoms with E-state index >= 15 is 0 Å². The third-order valence-corrected chi connectivity index (χ3v) is 3.81. The van der Waals surface area contributed by atoms with E-state index in [2.05, 4.69) is 30.3 Å². The predicted molar refractivity (Wildman–Crippen MR) is 74.9 cm³/mol. The molecule has 0 aliphatic heterocycles. The number of anilines is 1. The van der Waals surface area contributed by atoms with Crippen LogP contribution >= 0.6 is 0 Å². The van der Waals surface area contributed by atoms with Gasteiger partial charge >= 0.3 is 0 Å². The molecule has 0 bridgehead atoms. The molecule has 0 amide bonds. The molecule has 0 fully saturated rings. The molecule has 2 rings (SSSR count). The highest BCUT2D eigenvalue weighted by Crippen LogP contribution is 2.32. The number of nitrogens with two attached hydrogens (primary N) is 1. The second kappa shape index (κ2) is 4.88. The summed E-state index contributed by atoms with van der Waals surface area (Å²) in [5.74, 6) is 1.88. The molecule has 2 atom stereocenters. The summed E-state index contributed by atoms with van der Waals surface area (Å²) in [6.07, 6.45) is 1.12.